The molecule has 1 atom stereocenters. The molecule has 0 fully saturated rings. The third-order valence-corrected chi connectivity index (χ3v) is 3.68. The zero-order valence-electron chi connectivity index (χ0n) is 11.2. The van der Waals surface area contributed by atoms with Gasteiger partial charge in [-0.15, -0.1) is 0 Å². The first-order valence-corrected chi connectivity index (χ1v) is 6.78. The summed E-state index contributed by atoms with van der Waals surface area (Å²) in [6.07, 6.45) is 0. The molecule has 0 radical (unpaired) electrons. The molecule has 0 aliphatic carbocycles. The first-order chi connectivity index (χ1) is 9.56. The number of benzene rings is 2. The predicted octanol–water partition coefficient (Wildman–Crippen LogP) is 3.65. The molecule has 0 aliphatic heterocycles. The van der Waals surface area contributed by atoms with Crippen LogP contribution in [0.3, 0.4) is 0 Å². The Morgan fingerprint density at radius 1 is 1.00 bits per heavy atom. The second-order valence-electron chi connectivity index (χ2n) is 4.27. The molecule has 20 heavy (non-hydrogen) atoms. The van der Waals surface area contributed by atoms with Crippen molar-refractivity contribution in [3.63, 3.8) is 0 Å². The standard InChI is InChI=1S/C15H15BrFNO2/c1-19-13-6-4-10(8-14(13)20-2)15(18)9-3-5-12(17)11(16)7-9/h3-8,15H,18H2,1-2H3. The fraction of sp³-hybridized carbons (Fsp3) is 0.200. The molecule has 0 saturated heterocycles. The van der Waals surface area contributed by atoms with Gasteiger partial charge in [-0.1, -0.05) is 12.1 Å². The van der Waals surface area contributed by atoms with Gasteiger partial charge in [0.1, 0.15) is 5.82 Å². The molecule has 0 amide bonds. The smallest absolute Gasteiger partial charge is 0.161 e. The Kier molecular flexibility index (Phi) is 4.62. The Labute approximate surface area is 125 Å². The van der Waals surface area contributed by atoms with Crippen molar-refractivity contribution in [3.05, 3.63) is 57.8 Å². The predicted molar refractivity (Wildman–Crippen MR) is 79.7 cm³/mol. The molecule has 2 N–H and O–H groups in total. The number of hydrogen-bond donors (Lipinski definition) is 1. The minimum atomic E-state index is -0.369. The number of ether oxygens (including phenoxy) is 2. The molecule has 2 aromatic carbocycles. The van der Waals surface area contributed by atoms with Crippen molar-refractivity contribution in [1.29, 1.82) is 0 Å². The van der Waals surface area contributed by atoms with Gasteiger partial charge in [-0.2, -0.15) is 0 Å². The Balaban J connectivity index is 2.37. The van der Waals surface area contributed by atoms with Crippen LogP contribution >= 0.6 is 15.9 Å². The van der Waals surface area contributed by atoms with Crippen LogP contribution in [0.25, 0.3) is 0 Å². The Hall–Kier alpha value is -1.59. The van der Waals surface area contributed by atoms with E-state index in [9.17, 15) is 4.39 Å². The van der Waals surface area contributed by atoms with Gasteiger partial charge in [0, 0.05) is 0 Å². The van der Waals surface area contributed by atoms with Crippen LogP contribution in [0.4, 0.5) is 4.39 Å². The van der Waals surface area contributed by atoms with Crippen molar-refractivity contribution in [2.45, 2.75) is 6.04 Å². The Morgan fingerprint density at radius 3 is 2.20 bits per heavy atom. The van der Waals surface area contributed by atoms with Crippen molar-refractivity contribution in [2.75, 3.05) is 14.2 Å². The van der Waals surface area contributed by atoms with Crippen LogP contribution in [-0.4, -0.2) is 14.2 Å². The molecule has 0 saturated carbocycles. The van der Waals surface area contributed by atoms with E-state index in [1.807, 2.05) is 12.1 Å². The summed E-state index contributed by atoms with van der Waals surface area (Å²) < 4.78 is 24.1. The van der Waals surface area contributed by atoms with Crippen molar-refractivity contribution in [1.82, 2.24) is 0 Å². The average molecular weight is 340 g/mol. The van der Waals surface area contributed by atoms with Gasteiger partial charge >= 0.3 is 0 Å². The van der Waals surface area contributed by atoms with Crippen LogP contribution < -0.4 is 15.2 Å². The molecule has 5 heteroatoms. The monoisotopic (exact) mass is 339 g/mol. The van der Waals surface area contributed by atoms with Crippen LogP contribution in [0, 0.1) is 5.82 Å². The SMILES string of the molecule is COc1ccc(C(N)c2ccc(F)c(Br)c2)cc1OC. The van der Waals surface area contributed by atoms with Gasteiger partial charge in [0.2, 0.25) is 0 Å². The van der Waals surface area contributed by atoms with E-state index in [2.05, 4.69) is 15.9 Å². The van der Waals surface area contributed by atoms with Crippen molar-refractivity contribution < 1.29 is 13.9 Å². The molecule has 2 rings (SSSR count). The highest BCUT2D eigenvalue weighted by Gasteiger charge is 2.13. The summed E-state index contributed by atoms with van der Waals surface area (Å²) in [5.41, 5.74) is 7.88. The quantitative estimate of drug-likeness (QED) is 0.924. The molecule has 0 heterocycles. The van der Waals surface area contributed by atoms with Crippen LogP contribution in [0.1, 0.15) is 17.2 Å². The van der Waals surface area contributed by atoms with Gasteiger partial charge in [0.05, 0.1) is 24.7 Å². The van der Waals surface area contributed by atoms with E-state index in [0.29, 0.717) is 16.0 Å². The van der Waals surface area contributed by atoms with Crippen molar-refractivity contribution >= 4 is 15.9 Å². The topological polar surface area (TPSA) is 44.5 Å². The van der Waals surface area contributed by atoms with E-state index in [4.69, 9.17) is 15.2 Å². The second-order valence-corrected chi connectivity index (χ2v) is 5.12. The lowest BCUT2D eigenvalue weighted by molar-refractivity contribution is 0.354. The van der Waals surface area contributed by atoms with Crippen LogP contribution in [0.2, 0.25) is 0 Å². The molecular formula is C15H15BrFNO2. The van der Waals surface area contributed by atoms with Gasteiger partial charge in [-0.25, -0.2) is 4.39 Å². The maximum Gasteiger partial charge on any atom is 0.161 e. The Bertz CT molecular complexity index is 619. The summed E-state index contributed by atoms with van der Waals surface area (Å²) in [5, 5.41) is 0. The first kappa shape index (κ1) is 14.8. The summed E-state index contributed by atoms with van der Waals surface area (Å²) in [7, 11) is 3.15. The van der Waals surface area contributed by atoms with Crippen molar-refractivity contribution in [3.8, 4) is 11.5 Å². The number of methoxy groups -OCH3 is 2. The third-order valence-electron chi connectivity index (χ3n) is 3.07. The van der Waals surface area contributed by atoms with Gasteiger partial charge < -0.3 is 15.2 Å². The lowest BCUT2D eigenvalue weighted by Crippen LogP contribution is -2.12. The van der Waals surface area contributed by atoms with E-state index in [1.165, 1.54) is 6.07 Å². The third kappa shape index (κ3) is 2.94. The average Bonchev–Trinajstić information content (AvgIpc) is 2.48. The minimum Gasteiger partial charge on any atom is -0.493 e. The summed E-state index contributed by atoms with van der Waals surface area (Å²) in [5.74, 6) is 0.943. The summed E-state index contributed by atoms with van der Waals surface area (Å²) in [4.78, 5) is 0. The largest absolute Gasteiger partial charge is 0.493 e. The molecular weight excluding hydrogens is 325 g/mol. The molecule has 0 spiro atoms. The highest BCUT2D eigenvalue weighted by Crippen LogP contribution is 2.32. The number of nitrogens with two attached hydrogens (primary N) is 1. The van der Waals surface area contributed by atoms with Gasteiger partial charge in [0.25, 0.3) is 0 Å². The Morgan fingerprint density at radius 2 is 1.60 bits per heavy atom. The molecule has 1 unspecified atom stereocenters. The number of hydrogen-bond acceptors (Lipinski definition) is 3. The van der Waals surface area contributed by atoms with Gasteiger partial charge in [0.15, 0.2) is 11.5 Å². The molecule has 0 aromatic heterocycles. The van der Waals surface area contributed by atoms with Gasteiger partial charge in [-0.3, -0.25) is 0 Å². The number of halogens is 2. The minimum absolute atomic E-state index is 0.312. The lowest BCUT2D eigenvalue weighted by atomic mass is 9.99. The maximum absolute atomic E-state index is 13.3. The van der Waals surface area contributed by atoms with Gasteiger partial charge in [-0.05, 0) is 51.3 Å². The molecule has 2 aromatic rings. The lowest BCUT2D eigenvalue weighted by Gasteiger charge is -2.15. The fourth-order valence-corrected chi connectivity index (χ4v) is 2.34. The molecule has 0 bridgehead atoms. The van der Waals surface area contributed by atoms with Crippen LogP contribution in [0.5, 0.6) is 11.5 Å². The summed E-state index contributed by atoms with van der Waals surface area (Å²) >= 11 is 3.16. The summed E-state index contributed by atoms with van der Waals surface area (Å²) in [6, 6.07) is 9.85. The van der Waals surface area contributed by atoms with E-state index >= 15 is 0 Å². The normalized spacial score (nSPS) is 12.1. The van der Waals surface area contributed by atoms with E-state index in [-0.39, 0.29) is 11.9 Å². The highest BCUT2D eigenvalue weighted by atomic mass is 79.9. The van der Waals surface area contributed by atoms with Crippen LogP contribution in [0.15, 0.2) is 40.9 Å². The number of rotatable bonds is 4. The molecule has 106 valence electrons. The maximum atomic E-state index is 13.3. The fourth-order valence-electron chi connectivity index (χ4n) is 1.94. The van der Waals surface area contributed by atoms with E-state index < -0.39 is 0 Å². The van der Waals surface area contributed by atoms with Crippen molar-refractivity contribution in [2.24, 2.45) is 5.73 Å². The molecule has 0 aliphatic rings. The zero-order valence-corrected chi connectivity index (χ0v) is 12.8. The van der Waals surface area contributed by atoms with E-state index in [0.717, 1.165) is 11.1 Å². The van der Waals surface area contributed by atoms with Crippen LogP contribution in [-0.2, 0) is 0 Å². The molecule has 3 nitrogen and oxygen atoms in total. The zero-order chi connectivity index (χ0) is 14.7. The highest BCUT2D eigenvalue weighted by molar-refractivity contribution is 9.10. The summed E-state index contributed by atoms with van der Waals surface area (Å²) in [6.45, 7) is 0. The van der Waals surface area contributed by atoms with E-state index in [1.54, 1.807) is 32.4 Å². The second kappa shape index (κ2) is 6.24. The first-order valence-electron chi connectivity index (χ1n) is 5.99.